The molecule has 2 atom stereocenters. The molecule has 2 saturated heterocycles. The van der Waals surface area contributed by atoms with Crippen molar-refractivity contribution in [3.8, 4) is 0 Å². The molecule has 2 fully saturated rings. The number of rotatable bonds is 6. The van der Waals surface area contributed by atoms with E-state index in [1.807, 2.05) is 0 Å². The second kappa shape index (κ2) is 19.3. The van der Waals surface area contributed by atoms with Gasteiger partial charge >= 0.3 is 18.3 Å². The van der Waals surface area contributed by atoms with Gasteiger partial charge in [-0.25, -0.2) is 28.8 Å². The van der Waals surface area contributed by atoms with E-state index in [0.717, 1.165) is 11.1 Å². The summed E-state index contributed by atoms with van der Waals surface area (Å²) in [4.78, 5) is 83.0. The van der Waals surface area contributed by atoms with Crippen LogP contribution in [0.5, 0.6) is 0 Å². The van der Waals surface area contributed by atoms with Gasteiger partial charge in [0.2, 0.25) is 30.4 Å². The van der Waals surface area contributed by atoms with E-state index in [9.17, 15) is 33.6 Å². The Kier molecular flexibility index (Phi) is 16.3. The summed E-state index contributed by atoms with van der Waals surface area (Å²) >= 11 is 0. The van der Waals surface area contributed by atoms with Gasteiger partial charge in [-0.3, -0.25) is 4.79 Å². The number of nitrogens with zero attached hydrogens (tertiary/aromatic N) is 3. The second-order valence-electron chi connectivity index (χ2n) is 7.74. The average Bonchev–Trinajstić information content (AvgIpc) is 3.63. The van der Waals surface area contributed by atoms with Gasteiger partial charge in [0.1, 0.15) is 13.2 Å². The molecular formula is C25H21BN4O12U. The van der Waals surface area contributed by atoms with Crippen LogP contribution >= 0.6 is 0 Å². The first-order valence-corrected chi connectivity index (χ1v) is 11.2. The van der Waals surface area contributed by atoms with Crippen LogP contribution < -0.4 is 5.32 Å². The third-order valence-corrected chi connectivity index (χ3v) is 4.93. The number of carbonyl (C=O) groups excluding carboxylic acids is 6. The van der Waals surface area contributed by atoms with E-state index < -0.39 is 36.4 Å². The van der Waals surface area contributed by atoms with E-state index in [1.54, 1.807) is 38.1 Å². The van der Waals surface area contributed by atoms with Gasteiger partial charge in [0.15, 0.2) is 0 Å². The first-order valence-electron chi connectivity index (χ1n) is 11.8. The second-order valence-corrected chi connectivity index (χ2v) is 7.74. The molecule has 220 valence electrons. The van der Waals surface area contributed by atoms with Crippen molar-refractivity contribution in [1.82, 2.24) is 0 Å². The maximum absolute atomic E-state index is 11.7. The van der Waals surface area contributed by atoms with E-state index in [0.29, 0.717) is 22.7 Å². The van der Waals surface area contributed by atoms with Crippen LogP contribution in [0.25, 0.3) is 0 Å². The van der Waals surface area contributed by atoms with Gasteiger partial charge in [-0.15, -0.1) is 0 Å². The monoisotopic (exact) mass is 819 g/mol. The van der Waals surface area contributed by atoms with Crippen molar-refractivity contribution in [1.29, 1.82) is 1.34 Å². The molecule has 2 aliphatic rings. The number of carboxylic acid groups (broad SMARTS) is 1. The van der Waals surface area contributed by atoms with Crippen LogP contribution in [0.4, 0.5) is 32.3 Å². The van der Waals surface area contributed by atoms with Crippen molar-refractivity contribution < 1.29 is 88.7 Å². The van der Waals surface area contributed by atoms with Crippen molar-refractivity contribution in [2.24, 2.45) is 15.0 Å². The SMILES string of the molecule is Cc1ccc(N=C=O)cc1N=C=O.Cc1ccc(NC(=O)C2COC(=O)O2)cc1N=C=O.O=C1OCC(C(=O)O)O1.[2H][B].[U]. The molecule has 1 amide bonds. The predicted octanol–water partition coefficient (Wildman–Crippen LogP) is 2.32. The van der Waals surface area contributed by atoms with Crippen molar-refractivity contribution in [3.63, 3.8) is 0 Å². The Bertz CT molecular complexity index is 1490. The van der Waals surface area contributed by atoms with Crippen molar-refractivity contribution in [2.75, 3.05) is 18.5 Å². The third-order valence-electron chi connectivity index (χ3n) is 4.93. The Morgan fingerprint density at radius 2 is 1.35 bits per heavy atom. The molecule has 16 nitrogen and oxygen atoms in total. The number of hydrogen-bond donors (Lipinski definition) is 2. The Labute approximate surface area is 269 Å². The minimum Gasteiger partial charge on any atom is -0.478 e. The minimum atomic E-state index is -1.18. The average molecular weight is 819 g/mol. The molecule has 0 spiro atoms. The molecule has 2 radical (unpaired) electrons. The minimum absolute atomic E-state index is 0. The van der Waals surface area contributed by atoms with Crippen LogP contribution in [0.15, 0.2) is 51.4 Å². The summed E-state index contributed by atoms with van der Waals surface area (Å²) in [5.74, 6) is -1.68. The smallest absolute Gasteiger partial charge is 0.478 e. The predicted molar refractivity (Wildman–Crippen MR) is 142 cm³/mol. The molecule has 4 rings (SSSR count). The summed E-state index contributed by atoms with van der Waals surface area (Å²) in [6, 6.07) is 9.74. The van der Waals surface area contributed by atoms with Crippen molar-refractivity contribution in [3.05, 3.63) is 47.5 Å². The summed E-state index contributed by atoms with van der Waals surface area (Å²) < 4.78 is 22.7. The quantitative estimate of drug-likeness (QED) is 0.185. The van der Waals surface area contributed by atoms with Crippen LogP contribution in [0.1, 0.15) is 11.1 Å². The number of nitrogens with one attached hydrogen (secondary N) is 1. The number of hydrogen-bond acceptors (Lipinski definition) is 14. The van der Waals surface area contributed by atoms with Crippen molar-refractivity contribution >= 4 is 73.6 Å². The number of carboxylic acids is 1. The number of aliphatic carboxylic acids is 1. The summed E-state index contributed by atoms with van der Waals surface area (Å²) in [7, 11) is 3.75. The zero-order valence-corrected chi connectivity index (χ0v) is 26.6. The maximum Gasteiger partial charge on any atom is 0.509 e. The van der Waals surface area contributed by atoms with E-state index in [1.165, 1.54) is 30.4 Å². The van der Waals surface area contributed by atoms with Crippen LogP contribution in [0, 0.1) is 45.0 Å². The fourth-order valence-electron chi connectivity index (χ4n) is 2.88. The number of benzene rings is 2. The number of aryl methyl sites for hydroxylation is 2. The molecule has 0 saturated carbocycles. The summed E-state index contributed by atoms with van der Waals surface area (Å²) in [5, 5.41) is 10.7. The molecule has 2 aliphatic heterocycles. The molecule has 2 heterocycles. The Balaban J connectivity index is 0.000000645. The Morgan fingerprint density at radius 3 is 1.79 bits per heavy atom. The third kappa shape index (κ3) is 12.7. The molecule has 0 bridgehead atoms. The van der Waals surface area contributed by atoms with E-state index in [-0.39, 0.29) is 44.3 Å². The zero-order valence-electron chi connectivity index (χ0n) is 23.4. The number of anilines is 1. The molecule has 0 aromatic heterocycles. The van der Waals surface area contributed by atoms with Gasteiger partial charge in [0, 0.05) is 45.2 Å². The van der Waals surface area contributed by atoms with Crippen LogP contribution in [0.3, 0.4) is 0 Å². The first-order chi connectivity index (χ1) is 20.6. The molecule has 2 N–H and O–H groups in total. The van der Waals surface area contributed by atoms with Crippen LogP contribution in [0.2, 0.25) is 0 Å². The number of amides is 1. The van der Waals surface area contributed by atoms with Gasteiger partial charge in [0.25, 0.3) is 5.91 Å². The number of cyclic esters (lactones) is 4. The zero-order chi connectivity index (χ0) is 32.4. The van der Waals surface area contributed by atoms with Gasteiger partial charge in [-0.05, 0) is 50.6 Å². The molecule has 43 heavy (non-hydrogen) atoms. The number of isocyanates is 3. The van der Waals surface area contributed by atoms with E-state index >= 15 is 0 Å². The molecule has 0 aliphatic carbocycles. The number of aliphatic imine (C=N–C) groups is 3. The Morgan fingerprint density at radius 1 is 0.860 bits per heavy atom. The van der Waals surface area contributed by atoms with E-state index in [2.05, 4.69) is 47.6 Å². The summed E-state index contributed by atoms with van der Waals surface area (Å²) in [6.07, 6.45) is 0.417. The molecule has 2 aromatic carbocycles. The summed E-state index contributed by atoms with van der Waals surface area (Å²) in [5.41, 5.74) is 3.34. The molecular weight excluding hydrogens is 797 g/mol. The van der Waals surface area contributed by atoms with Gasteiger partial charge in [0.05, 0.1) is 17.1 Å². The van der Waals surface area contributed by atoms with Crippen LogP contribution in [-0.2, 0) is 42.9 Å². The van der Waals surface area contributed by atoms with E-state index in [4.69, 9.17) is 6.44 Å². The van der Waals surface area contributed by atoms with Crippen LogP contribution in [-0.4, -0.2) is 82.7 Å². The van der Waals surface area contributed by atoms with Gasteiger partial charge in [-0.2, -0.15) is 15.0 Å². The number of carbonyl (C=O) groups is 4. The molecule has 2 aromatic rings. The largest absolute Gasteiger partial charge is 0.509 e. The van der Waals surface area contributed by atoms with Gasteiger partial charge < -0.3 is 29.4 Å². The molecule has 18 heteroatoms. The first kappa shape index (κ1) is 36.2. The topological polar surface area (TPSA) is 226 Å². The fourth-order valence-corrected chi connectivity index (χ4v) is 2.88. The fraction of sp³-hybridized carbons (Fsp3) is 0.240. The normalized spacial score (nSPS) is 15.4. The maximum atomic E-state index is 11.7. The Hall–Kier alpha value is -4.82. The van der Waals surface area contributed by atoms with Gasteiger partial charge in [-0.1, -0.05) is 12.1 Å². The standard InChI is InChI=1S/C12H10N2O5.C9H6N2O2.C4H4O5.BH.U/c1-7-2-3-8(4-9(7)13-6-15)14-11(16)10-5-18-12(17)19-10;1-7-2-3-8(10-5-12)4-9(7)11-6-13;5-3(6)2-1-8-4(7)9-2;;/h2-4,10H,5H2,1H3,(H,14,16);2-4H,1H3;2H,1H2,(H,5,6);1H;/i;;;1D;. The number of ether oxygens (including phenoxy) is 4. The van der Waals surface area contributed by atoms with Crippen molar-refractivity contribution in [2.45, 2.75) is 26.1 Å². The summed E-state index contributed by atoms with van der Waals surface area (Å²) in [6.45, 7) is 3.27. The molecule has 2 unspecified atom stereocenters.